The van der Waals surface area contributed by atoms with Crippen LogP contribution in [0.15, 0.2) is 66.7 Å². The molecule has 0 spiro atoms. The summed E-state index contributed by atoms with van der Waals surface area (Å²) in [6, 6.07) is 16.5. The fourth-order valence-corrected chi connectivity index (χ4v) is 13.3. The van der Waals surface area contributed by atoms with Gasteiger partial charge in [-0.05, 0) is 110 Å². The Kier molecular flexibility index (Phi) is 12.3. The second-order valence-corrected chi connectivity index (χ2v) is 21.1. The topological polar surface area (TPSA) is 0 Å². The average Bonchev–Trinajstić information content (AvgIpc) is 3.26. The van der Waals surface area contributed by atoms with Crippen molar-refractivity contribution in [2.24, 2.45) is 0 Å². The van der Waals surface area contributed by atoms with Gasteiger partial charge in [0.2, 0.25) is 0 Å². The molecule has 0 saturated heterocycles. The fraction of sp³-hybridized carbons (Fsp3) is 0.414. The van der Waals surface area contributed by atoms with Crippen LogP contribution in [0.2, 0.25) is 0 Å². The molecule has 0 radical (unpaired) electrons. The molecule has 226 valence electrons. The van der Waals surface area contributed by atoms with Gasteiger partial charge in [-0.15, -0.1) is 6.07 Å². The predicted octanol–water partition coefficient (Wildman–Crippen LogP) is 10.2. The van der Waals surface area contributed by atoms with Gasteiger partial charge >= 0.3 is 47.4 Å². The van der Waals surface area contributed by atoms with E-state index in [9.17, 15) is 26.3 Å². The number of hydrogen-bond acceptors (Lipinski definition) is 0. The zero-order chi connectivity index (χ0) is 30.7. The van der Waals surface area contributed by atoms with Crippen molar-refractivity contribution in [2.75, 3.05) is 0 Å². The van der Waals surface area contributed by atoms with Gasteiger partial charge in [0.1, 0.15) is 0 Å². The maximum atomic E-state index is 13.3. The first-order valence-electron chi connectivity index (χ1n) is 12.4. The molecule has 0 heterocycles. The molecule has 0 saturated carbocycles. The Labute approximate surface area is 252 Å². The standard InChI is InChI=1S/C29H34F6P2.2ClH.Pd/c1-19(24-9-8-10-25(24)37(26(2,3)4)27(5,6)7)36(22-15-11-20(12-16-22)28(30,31)32)23-17-13-21(14-18-23)29(33,34)35;;;/h8-19,37H,1-7H3;2*1H;/q;;;+2/p-1/t19-;;;/m1.../s1. The Bertz CT molecular complexity index is 1140. The molecule has 0 aliphatic heterocycles. The Balaban J connectivity index is 0.00000178. The molecular formula is C29H35Cl2F6P2Pd+. The van der Waals surface area contributed by atoms with Crippen LogP contribution in [-0.2, 0) is 28.3 Å². The van der Waals surface area contributed by atoms with Crippen LogP contribution in [0.4, 0.5) is 26.3 Å². The molecule has 0 aliphatic carbocycles. The van der Waals surface area contributed by atoms with Crippen molar-refractivity contribution in [3.05, 3.63) is 83.4 Å². The molecule has 3 aromatic rings. The van der Waals surface area contributed by atoms with Gasteiger partial charge in [-0.25, -0.2) is 12.1 Å². The fourth-order valence-electron chi connectivity index (χ4n) is 5.47. The first-order chi connectivity index (χ1) is 18.2. The van der Waals surface area contributed by atoms with Crippen LogP contribution in [0.1, 0.15) is 70.8 Å². The molecule has 0 aliphatic rings. The van der Waals surface area contributed by atoms with Gasteiger partial charge in [-0.3, -0.25) is 0 Å². The Morgan fingerprint density at radius 3 is 1.32 bits per heavy atom. The van der Waals surface area contributed by atoms with E-state index in [4.69, 9.17) is 19.1 Å². The van der Waals surface area contributed by atoms with Crippen molar-refractivity contribution >= 4 is 50.8 Å². The van der Waals surface area contributed by atoms with Crippen molar-refractivity contribution < 1.29 is 42.3 Å². The second kappa shape index (κ2) is 13.8. The van der Waals surface area contributed by atoms with E-state index in [1.54, 1.807) is 0 Å². The van der Waals surface area contributed by atoms with Crippen LogP contribution in [0.5, 0.6) is 0 Å². The van der Waals surface area contributed by atoms with E-state index >= 15 is 0 Å². The third kappa shape index (κ3) is 9.23. The van der Waals surface area contributed by atoms with Crippen molar-refractivity contribution in [2.45, 2.75) is 76.8 Å². The van der Waals surface area contributed by atoms with Crippen LogP contribution >= 0.6 is 34.9 Å². The normalized spacial score (nSPS) is 13.9. The molecule has 3 aromatic carbocycles. The number of rotatable bonds is 5. The summed E-state index contributed by atoms with van der Waals surface area (Å²) in [5.41, 5.74) is -0.407. The summed E-state index contributed by atoms with van der Waals surface area (Å²) in [5, 5.41) is 2.84. The quantitative estimate of drug-likeness (QED) is 0.106. The van der Waals surface area contributed by atoms with Gasteiger partial charge in [0.05, 0.1) is 45.6 Å². The molecule has 0 bridgehead atoms. The van der Waals surface area contributed by atoms with Gasteiger partial charge in [0.25, 0.3) is 0 Å². The molecule has 0 nitrogen and oxygen atoms in total. The minimum absolute atomic E-state index is 0.0430. The minimum atomic E-state index is -4.46. The molecule has 0 N–H and O–H groups in total. The van der Waals surface area contributed by atoms with Crippen LogP contribution < -0.4 is 15.9 Å². The monoisotopic (exact) mass is 735 g/mol. The van der Waals surface area contributed by atoms with Crippen molar-refractivity contribution in [1.82, 2.24) is 0 Å². The van der Waals surface area contributed by atoms with Gasteiger partial charge < -0.3 is 0 Å². The summed E-state index contributed by atoms with van der Waals surface area (Å²) in [6.45, 7) is 15.5. The number of alkyl halides is 6. The van der Waals surface area contributed by atoms with E-state index in [-0.39, 0.29) is 31.9 Å². The first-order valence-corrected chi connectivity index (χ1v) is 19.5. The van der Waals surface area contributed by atoms with Crippen LogP contribution in [-0.4, -0.2) is 10.3 Å². The van der Waals surface area contributed by atoms with E-state index in [0.717, 1.165) is 40.4 Å². The van der Waals surface area contributed by atoms with Crippen molar-refractivity contribution in [3.63, 3.8) is 0 Å². The zero-order valence-electron chi connectivity index (χ0n) is 23.3. The molecule has 0 unspecified atom stereocenters. The van der Waals surface area contributed by atoms with Gasteiger partial charge in [0, 0.05) is 0 Å². The number of hydrogen-bond donors (Lipinski definition) is 0. The second-order valence-electron chi connectivity index (χ2n) is 11.6. The Hall–Kier alpha value is -0.528. The van der Waals surface area contributed by atoms with E-state index in [1.807, 2.05) is 6.07 Å². The molecule has 3 rings (SSSR count). The molecule has 0 aromatic heterocycles. The molecule has 0 amide bonds. The molecule has 40 heavy (non-hydrogen) atoms. The molecular weight excluding hydrogens is 702 g/mol. The molecule has 0 fully saturated rings. The van der Waals surface area contributed by atoms with Crippen molar-refractivity contribution in [3.8, 4) is 0 Å². The van der Waals surface area contributed by atoms with E-state index < -0.39 is 39.3 Å². The molecule has 1 atom stereocenters. The predicted molar refractivity (Wildman–Crippen MR) is 160 cm³/mol. The van der Waals surface area contributed by atoms with E-state index in [2.05, 4.69) is 60.6 Å². The zero-order valence-corrected chi connectivity index (χ0v) is 28.3. The van der Waals surface area contributed by atoms with Crippen molar-refractivity contribution in [1.29, 1.82) is 0 Å². The van der Waals surface area contributed by atoms with Crippen LogP contribution in [0.3, 0.4) is 0 Å². The van der Waals surface area contributed by atoms with Gasteiger partial charge in [-0.1, -0.05) is 5.56 Å². The summed E-state index contributed by atoms with van der Waals surface area (Å²) in [7, 11) is 6.73. The Morgan fingerprint density at radius 2 is 1.02 bits per heavy atom. The summed E-state index contributed by atoms with van der Waals surface area (Å²) >= 11 is -0.106. The van der Waals surface area contributed by atoms with Crippen LogP contribution in [0.25, 0.3) is 0 Å². The SMILES string of the molecule is C[C@H](c1ccc[c-]1[PH+](C(C)(C)C)C(C)(C)C)[PH+](c1ccc(C(F)(F)F)cc1)c1ccc(C(F)(F)F)cc1.[Cl][Pd][Cl]. The third-order valence-corrected chi connectivity index (χ3v) is 13.6. The van der Waals surface area contributed by atoms with E-state index in [0.29, 0.717) is 0 Å². The van der Waals surface area contributed by atoms with Gasteiger partial charge in [0.15, 0.2) is 0 Å². The summed E-state index contributed by atoms with van der Waals surface area (Å²) in [5.74, 6) is 0. The number of benzene rings is 2. The average molecular weight is 737 g/mol. The number of halogens is 8. The Morgan fingerprint density at radius 1 is 0.675 bits per heavy atom. The maximum absolute atomic E-state index is 13.3. The van der Waals surface area contributed by atoms with Gasteiger partial charge in [-0.2, -0.15) is 26.3 Å². The first kappa shape index (κ1) is 35.7. The van der Waals surface area contributed by atoms with E-state index in [1.165, 1.54) is 29.6 Å². The summed E-state index contributed by atoms with van der Waals surface area (Å²) in [4.78, 5) is 0. The summed E-state index contributed by atoms with van der Waals surface area (Å²) < 4.78 is 79.5. The summed E-state index contributed by atoms with van der Waals surface area (Å²) in [6.07, 6.45) is -8.91. The third-order valence-electron chi connectivity index (χ3n) is 6.56. The van der Waals surface area contributed by atoms with Crippen LogP contribution in [0, 0.1) is 0 Å². The molecule has 11 heteroatoms.